The highest BCUT2D eigenvalue weighted by Gasteiger charge is 2.43. The number of fused-ring (bicyclic) bond motifs is 1. The number of aromatic nitrogens is 1. The van der Waals surface area contributed by atoms with Gasteiger partial charge in [0.2, 0.25) is 5.91 Å². The highest BCUT2D eigenvalue weighted by atomic mass is 16.5. The van der Waals surface area contributed by atoms with E-state index in [9.17, 15) is 14.7 Å². The molecule has 204 valence electrons. The third-order valence-corrected chi connectivity index (χ3v) is 8.42. The first-order chi connectivity index (χ1) is 18.5. The van der Waals surface area contributed by atoms with Crippen LogP contribution in [0.5, 0.6) is 0 Å². The van der Waals surface area contributed by atoms with Crippen molar-refractivity contribution in [2.75, 3.05) is 31.7 Å². The zero-order valence-electron chi connectivity index (χ0n) is 22.0. The maximum absolute atomic E-state index is 13.4. The second-order valence-electron chi connectivity index (χ2n) is 10.9. The van der Waals surface area contributed by atoms with Crippen LogP contribution in [0.15, 0.2) is 42.5 Å². The van der Waals surface area contributed by atoms with E-state index in [-0.39, 0.29) is 18.4 Å². The maximum atomic E-state index is 13.4. The highest BCUT2D eigenvalue weighted by Crippen LogP contribution is 2.36. The monoisotopic (exact) mass is 521 g/mol. The Balaban J connectivity index is 1.06. The van der Waals surface area contributed by atoms with Gasteiger partial charge in [-0.15, -0.1) is 0 Å². The molecular weight excluding hydrogens is 482 g/mol. The number of aryl methyl sites for hydroxylation is 2. The minimum atomic E-state index is -1.03. The summed E-state index contributed by atoms with van der Waals surface area (Å²) in [5, 5.41) is 16.0. The number of carbonyl (C=O) groups is 2. The van der Waals surface area contributed by atoms with E-state index in [1.807, 2.05) is 30.3 Å². The van der Waals surface area contributed by atoms with Crippen molar-refractivity contribution in [2.24, 2.45) is 5.92 Å². The molecule has 1 amide bonds. The summed E-state index contributed by atoms with van der Waals surface area (Å²) in [6.07, 6.45) is 7.78. The molecule has 0 spiro atoms. The second-order valence-corrected chi connectivity index (χ2v) is 10.9. The fraction of sp³-hybridized carbons (Fsp3) is 0.567. The summed E-state index contributed by atoms with van der Waals surface area (Å²) < 4.78 is 11.5. The van der Waals surface area contributed by atoms with Crippen molar-refractivity contribution >= 4 is 17.7 Å². The summed E-state index contributed by atoms with van der Waals surface area (Å²) in [6, 6.07) is 13.0. The SMILES string of the molecule is O=C(O)[C@H](CCOC1CC(CCc2ccc3c(n2)NCCC3)C1)NC(=O)C1(c2ccccc2)CCOCC1. The van der Waals surface area contributed by atoms with E-state index in [0.717, 1.165) is 55.7 Å². The van der Waals surface area contributed by atoms with E-state index in [0.29, 0.717) is 38.6 Å². The molecule has 1 aromatic heterocycles. The molecular formula is C30H39N3O5. The van der Waals surface area contributed by atoms with Gasteiger partial charge in [0, 0.05) is 38.5 Å². The molecule has 0 unspecified atom stereocenters. The van der Waals surface area contributed by atoms with E-state index < -0.39 is 17.4 Å². The van der Waals surface area contributed by atoms with Gasteiger partial charge in [-0.1, -0.05) is 36.4 Å². The molecule has 38 heavy (non-hydrogen) atoms. The highest BCUT2D eigenvalue weighted by molar-refractivity contribution is 5.91. The molecule has 1 aliphatic carbocycles. The number of carbonyl (C=O) groups excluding carboxylic acids is 1. The molecule has 2 aliphatic heterocycles. The number of nitrogens with one attached hydrogen (secondary N) is 2. The van der Waals surface area contributed by atoms with Crippen LogP contribution in [0.3, 0.4) is 0 Å². The lowest BCUT2D eigenvalue weighted by Crippen LogP contribution is -2.53. The fourth-order valence-corrected chi connectivity index (χ4v) is 5.94. The Labute approximate surface area is 224 Å². The van der Waals surface area contributed by atoms with Crippen molar-refractivity contribution < 1.29 is 24.2 Å². The molecule has 5 rings (SSSR count). The Bertz CT molecular complexity index is 1100. The first kappa shape index (κ1) is 26.6. The molecule has 8 nitrogen and oxygen atoms in total. The van der Waals surface area contributed by atoms with Crippen molar-refractivity contribution in [2.45, 2.75) is 75.3 Å². The molecule has 0 radical (unpaired) electrons. The zero-order chi connectivity index (χ0) is 26.4. The van der Waals surface area contributed by atoms with E-state index >= 15 is 0 Å². The predicted octanol–water partition coefficient (Wildman–Crippen LogP) is 3.88. The topological polar surface area (TPSA) is 110 Å². The Morgan fingerprint density at radius 3 is 2.71 bits per heavy atom. The zero-order valence-corrected chi connectivity index (χ0v) is 22.0. The summed E-state index contributed by atoms with van der Waals surface area (Å²) in [7, 11) is 0. The molecule has 0 bridgehead atoms. The molecule has 3 heterocycles. The summed E-state index contributed by atoms with van der Waals surface area (Å²) in [4.78, 5) is 30.2. The molecule has 2 fully saturated rings. The summed E-state index contributed by atoms with van der Waals surface area (Å²) >= 11 is 0. The number of rotatable bonds is 11. The van der Waals surface area contributed by atoms with Crippen LogP contribution in [-0.2, 0) is 37.3 Å². The molecule has 3 N–H and O–H groups in total. The standard InChI is InChI=1S/C30H39N3O5/c34-28(35)26(33-29(36)30(13-17-37-18-14-30)23-6-2-1-3-7-23)12-16-38-25-19-21(20-25)8-10-24-11-9-22-5-4-15-31-27(22)32-24/h1-3,6-7,9,11,21,25-26H,4-5,8,10,12-20H2,(H,31,32)(H,33,36)(H,34,35)/t21?,25?,26-/m0/s1. The largest absolute Gasteiger partial charge is 0.480 e. The quantitative estimate of drug-likeness (QED) is 0.412. The van der Waals surface area contributed by atoms with Crippen molar-refractivity contribution in [3.05, 3.63) is 59.3 Å². The minimum absolute atomic E-state index is 0.162. The van der Waals surface area contributed by atoms with Crippen molar-refractivity contribution in [1.82, 2.24) is 10.3 Å². The molecule has 1 atom stereocenters. The van der Waals surface area contributed by atoms with Gasteiger partial charge in [0.1, 0.15) is 11.9 Å². The summed E-state index contributed by atoms with van der Waals surface area (Å²) in [5.74, 6) is 0.389. The first-order valence-corrected chi connectivity index (χ1v) is 14.0. The van der Waals surface area contributed by atoms with Gasteiger partial charge in [0.15, 0.2) is 0 Å². The lowest BCUT2D eigenvalue weighted by Gasteiger charge is -2.37. The number of carboxylic acid groups (broad SMARTS) is 1. The van der Waals surface area contributed by atoms with E-state index in [1.165, 1.54) is 12.0 Å². The third-order valence-electron chi connectivity index (χ3n) is 8.42. The number of carboxylic acids is 1. The minimum Gasteiger partial charge on any atom is -0.480 e. The average Bonchev–Trinajstić information content (AvgIpc) is 2.93. The number of aliphatic carboxylic acids is 1. The van der Waals surface area contributed by atoms with E-state index in [1.54, 1.807) is 0 Å². The van der Waals surface area contributed by atoms with E-state index in [4.69, 9.17) is 14.5 Å². The normalized spacial score (nSPS) is 22.8. The van der Waals surface area contributed by atoms with Crippen LogP contribution in [0.25, 0.3) is 0 Å². The smallest absolute Gasteiger partial charge is 0.326 e. The third kappa shape index (κ3) is 6.18. The van der Waals surface area contributed by atoms with Gasteiger partial charge in [-0.05, 0) is 74.5 Å². The van der Waals surface area contributed by atoms with Crippen LogP contribution in [0.1, 0.15) is 61.8 Å². The van der Waals surface area contributed by atoms with Crippen LogP contribution in [0.4, 0.5) is 5.82 Å². The first-order valence-electron chi connectivity index (χ1n) is 14.0. The van der Waals surface area contributed by atoms with Gasteiger partial charge in [0.05, 0.1) is 11.5 Å². The van der Waals surface area contributed by atoms with Crippen LogP contribution in [0, 0.1) is 5.92 Å². The summed E-state index contributed by atoms with van der Waals surface area (Å²) in [5.41, 5.74) is 2.60. The number of nitrogens with zero attached hydrogens (tertiary/aromatic N) is 1. The number of hydrogen-bond acceptors (Lipinski definition) is 6. The predicted molar refractivity (Wildman–Crippen MR) is 144 cm³/mol. The molecule has 1 saturated carbocycles. The Morgan fingerprint density at radius 1 is 1.16 bits per heavy atom. The molecule has 1 saturated heterocycles. The summed E-state index contributed by atoms with van der Waals surface area (Å²) in [6.45, 7) is 2.27. The lowest BCUT2D eigenvalue weighted by molar-refractivity contribution is -0.144. The number of hydrogen-bond donors (Lipinski definition) is 3. The number of pyridine rings is 1. The van der Waals surface area contributed by atoms with Gasteiger partial charge in [-0.3, -0.25) is 4.79 Å². The van der Waals surface area contributed by atoms with Gasteiger partial charge in [-0.25, -0.2) is 9.78 Å². The van der Waals surface area contributed by atoms with Gasteiger partial charge in [0.25, 0.3) is 0 Å². The average molecular weight is 522 g/mol. The number of ether oxygens (including phenoxy) is 2. The second kappa shape index (κ2) is 12.3. The van der Waals surface area contributed by atoms with Crippen molar-refractivity contribution in [3.8, 4) is 0 Å². The Kier molecular flexibility index (Phi) is 8.59. The van der Waals surface area contributed by atoms with Gasteiger partial charge < -0.3 is 25.2 Å². The number of anilines is 1. The molecule has 1 aromatic carbocycles. The number of benzene rings is 1. The van der Waals surface area contributed by atoms with Crippen molar-refractivity contribution in [3.63, 3.8) is 0 Å². The van der Waals surface area contributed by atoms with Crippen LogP contribution in [0.2, 0.25) is 0 Å². The van der Waals surface area contributed by atoms with Crippen molar-refractivity contribution in [1.29, 1.82) is 0 Å². The maximum Gasteiger partial charge on any atom is 0.326 e. The molecule has 3 aliphatic rings. The lowest BCUT2D eigenvalue weighted by atomic mass is 9.73. The molecule has 2 aromatic rings. The van der Waals surface area contributed by atoms with Crippen LogP contribution >= 0.6 is 0 Å². The van der Waals surface area contributed by atoms with Gasteiger partial charge in [-0.2, -0.15) is 0 Å². The van der Waals surface area contributed by atoms with Crippen LogP contribution < -0.4 is 10.6 Å². The molecule has 8 heteroatoms. The van der Waals surface area contributed by atoms with Crippen LogP contribution in [-0.4, -0.2) is 60.5 Å². The van der Waals surface area contributed by atoms with Gasteiger partial charge >= 0.3 is 5.97 Å². The number of amides is 1. The Hall–Kier alpha value is -2.97. The Morgan fingerprint density at radius 2 is 1.95 bits per heavy atom. The van der Waals surface area contributed by atoms with E-state index in [2.05, 4.69) is 22.8 Å². The fourth-order valence-electron chi connectivity index (χ4n) is 5.94.